The van der Waals surface area contributed by atoms with Gasteiger partial charge in [-0.15, -0.1) is 0 Å². The van der Waals surface area contributed by atoms with Gasteiger partial charge in [-0.25, -0.2) is 4.98 Å². The van der Waals surface area contributed by atoms with Crippen molar-refractivity contribution < 1.29 is 28.4 Å². The Morgan fingerprint density at radius 2 is 1.44 bits per heavy atom. The molecule has 0 fully saturated rings. The van der Waals surface area contributed by atoms with E-state index in [1.54, 1.807) is 28.4 Å². The van der Waals surface area contributed by atoms with Crippen LogP contribution in [0.3, 0.4) is 0 Å². The monoisotopic (exact) mass is 558 g/mol. The van der Waals surface area contributed by atoms with Crippen LogP contribution < -0.4 is 28.4 Å². The molecule has 5 rings (SSSR count). The lowest BCUT2D eigenvalue weighted by molar-refractivity contribution is 0.197. The number of hydrogen-bond donors (Lipinski definition) is 0. The average Bonchev–Trinajstić information content (AvgIpc) is 3.02. The molecule has 1 aliphatic heterocycles. The van der Waals surface area contributed by atoms with Gasteiger partial charge in [0.05, 0.1) is 40.7 Å². The fourth-order valence-electron chi connectivity index (χ4n) is 5.14. The Kier molecular flexibility index (Phi) is 8.99. The molecule has 0 saturated carbocycles. The predicted molar refractivity (Wildman–Crippen MR) is 160 cm³/mol. The molecule has 0 amide bonds. The molecule has 1 aliphatic rings. The minimum Gasteiger partial charge on any atom is -0.497 e. The molecule has 0 spiro atoms. The molecule has 0 unspecified atom stereocenters. The van der Waals surface area contributed by atoms with E-state index in [0.717, 1.165) is 77.6 Å². The molecular formula is C33H38N2O6. The van der Waals surface area contributed by atoms with Gasteiger partial charge in [-0.1, -0.05) is 6.92 Å². The summed E-state index contributed by atoms with van der Waals surface area (Å²) in [6.45, 7) is 5.85. The van der Waals surface area contributed by atoms with Gasteiger partial charge in [0, 0.05) is 42.7 Å². The van der Waals surface area contributed by atoms with Crippen LogP contribution in [0.25, 0.3) is 22.2 Å². The van der Waals surface area contributed by atoms with Gasteiger partial charge in [0.15, 0.2) is 11.5 Å². The molecule has 2 heterocycles. The summed E-state index contributed by atoms with van der Waals surface area (Å²) >= 11 is 0. The number of fused-ring (bicyclic) bond motifs is 2. The summed E-state index contributed by atoms with van der Waals surface area (Å²) in [5.74, 6) is 4.42. The summed E-state index contributed by atoms with van der Waals surface area (Å²) in [6.07, 6.45) is 1.91. The maximum atomic E-state index is 6.47. The topological polar surface area (TPSA) is 71.5 Å². The van der Waals surface area contributed by atoms with E-state index >= 15 is 0 Å². The van der Waals surface area contributed by atoms with Crippen LogP contribution in [0, 0.1) is 0 Å². The molecule has 8 heteroatoms. The van der Waals surface area contributed by atoms with Crippen LogP contribution in [0.1, 0.15) is 24.5 Å². The molecule has 41 heavy (non-hydrogen) atoms. The Morgan fingerprint density at radius 1 is 0.707 bits per heavy atom. The highest BCUT2D eigenvalue weighted by atomic mass is 16.5. The zero-order chi connectivity index (χ0) is 28.8. The molecule has 216 valence electrons. The first-order valence-corrected chi connectivity index (χ1v) is 14.0. The third-order valence-electron chi connectivity index (χ3n) is 7.35. The normalized spacial score (nSPS) is 13.0. The summed E-state index contributed by atoms with van der Waals surface area (Å²) in [6, 6.07) is 18.0. The lowest BCUT2D eigenvalue weighted by Crippen LogP contribution is -2.33. The number of nitrogens with zero attached hydrogens (tertiary/aromatic N) is 2. The van der Waals surface area contributed by atoms with Crippen LogP contribution in [-0.4, -0.2) is 64.6 Å². The third kappa shape index (κ3) is 6.28. The van der Waals surface area contributed by atoms with E-state index in [2.05, 4.69) is 24.0 Å². The molecule has 0 radical (unpaired) electrons. The highest BCUT2D eigenvalue weighted by molar-refractivity contribution is 5.93. The minimum atomic E-state index is 0.518. The average molecular weight is 559 g/mol. The van der Waals surface area contributed by atoms with Gasteiger partial charge in [-0.05, 0) is 66.4 Å². The molecule has 0 aliphatic carbocycles. The Morgan fingerprint density at radius 3 is 2.12 bits per heavy atom. The maximum Gasteiger partial charge on any atom is 0.161 e. The Balaban J connectivity index is 1.39. The van der Waals surface area contributed by atoms with E-state index in [1.165, 1.54) is 11.1 Å². The fraction of sp³-hybridized carbons (Fsp3) is 0.364. The molecule has 4 aromatic rings. The quantitative estimate of drug-likeness (QED) is 0.205. The van der Waals surface area contributed by atoms with Crippen LogP contribution in [0.4, 0.5) is 0 Å². The summed E-state index contributed by atoms with van der Waals surface area (Å²) in [7, 11) is 6.63. The Hall–Kier alpha value is -4.17. The van der Waals surface area contributed by atoms with Crippen molar-refractivity contribution >= 4 is 10.9 Å². The molecule has 3 aromatic carbocycles. The summed E-state index contributed by atoms with van der Waals surface area (Å²) < 4.78 is 34.5. The molecule has 0 saturated heterocycles. The Labute approximate surface area is 241 Å². The lowest BCUT2D eigenvalue weighted by Gasteiger charge is -2.29. The van der Waals surface area contributed by atoms with Gasteiger partial charge in [0.2, 0.25) is 0 Å². The number of hydrogen-bond acceptors (Lipinski definition) is 8. The van der Waals surface area contributed by atoms with Gasteiger partial charge in [-0.3, -0.25) is 4.90 Å². The molecule has 0 N–H and O–H groups in total. The number of ether oxygens (including phenoxy) is 6. The second kappa shape index (κ2) is 13.0. The van der Waals surface area contributed by atoms with Crippen molar-refractivity contribution in [3.63, 3.8) is 0 Å². The van der Waals surface area contributed by atoms with Gasteiger partial charge in [0.25, 0.3) is 0 Å². The standard InChI is InChI=1S/C33H38N2O6/c1-6-14-40-25-9-7-22(8-10-25)28-20-29(27-18-26(36-2)19-32(39-5)33(27)34-28)41-15-13-35-12-11-23-16-30(37-3)31(38-4)17-24(23)21-35/h7-10,16-20H,6,11-15,21H2,1-5H3. The summed E-state index contributed by atoms with van der Waals surface area (Å²) in [5, 5.41) is 0.841. The Bertz CT molecular complexity index is 1490. The van der Waals surface area contributed by atoms with Gasteiger partial charge < -0.3 is 28.4 Å². The number of aromatic nitrogens is 1. The van der Waals surface area contributed by atoms with Crippen LogP contribution in [0.2, 0.25) is 0 Å². The van der Waals surface area contributed by atoms with Crippen molar-refractivity contribution in [1.29, 1.82) is 0 Å². The zero-order valence-corrected chi connectivity index (χ0v) is 24.5. The molecule has 8 nitrogen and oxygen atoms in total. The summed E-state index contributed by atoms with van der Waals surface area (Å²) in [4.78, 5) is 7.36. The summed E-state index contributed by atoms with van der Waals surface area (Å²) in [5.41, 5.74) is 5.04. The number of rotatable bonds is 12. The van der Waals surface area contributed by atoms with Crippen LogP contribution in [0.15, 0.2) is 54.6 Å². The first-order valence-electron chi connectivity index (χ1n) is 14.0. The van der Waals surface area contributed by atoms with Crippen LogP contribution >= 0.6 is 0 Å². The highest BCUT2D eigenvalue weighted by Crippen LogP contribution is 2.38. The van der Waals surface area contributed by atoms with Crippen LogP contribution in [-0.2, 0) is 13.0 Å². The van der Waals surface area contributed by atoms with Crippen molar-refractivity contribution in [2.24, 2.45) is 0 Å². The minimum absolute atomic E-state index is 0.518. The molecule has 0 bridgehead atoms. The second-order valence-electron chi connectivity index (χ2n) is 9.95. The van der Waals surface area contributed by atoms with Crippen molar-refractivity contribution in [2.45, 2.75) is 26.3 Å². The van der Waals surface area contributed by atoms with Crippen molar-refractivity contribution in [3.05, 3.63) is 65.7 Å². The van der Waals surface area contributed by atoms with E-state index in [4.69, 9.17) is 33.4 Å². The van der Waals surface area contributed by atoms with Gasteiger partial charge >= 0.3 is 0 Å². The van der Waals surface area contributed by atoms with E-state index in [0.29, 0.717) is 24.7 Å². The van der Waals surface area contributed by atoms with Gasteiger partial charge in [-0.2, -0.15) is 0 Å². The van der Waals surface area contributed by atoms with Crippen molar-refractivity contribution in [1.82, 2.24) is 9.88 Å². The number of pyridine rings is 1. The first-order chi connectivity index (χ1) is 20.1. The van der Waals surface area contributed by atoms with E-state index < -0.39 is 0 Å². The number of benzene rings is 3. The van der Waals surface area contributed by atoms with E-state index in [-0.39, 0.29) is 0 Å². The smallest absolute Gasteiger partial charge is 0.161 e. The van der Waals surface area contributed by atoms with Gasteiger partial charge in [0.1, 0.15) is 35.1 Å². The highest BCUT2D eigenvalue weighted by Gasteiger charge is 2.20. The lowest BCUT2D eigenvalue weighted by atomic mass is 9.99. The number of methoxy groups -OCH3 is 4. The maximum absolute atomic E-state index is 6.47. The van der Waals surface area contributed by atoms with Crippen molar-refractivity contribution in [3.8, 4) is 45.8 Å². The fourth-order valence-corrected chi connectivity index (χ4v) is 5.14. The zero-order valence-electron chi connectivity index (χ0n) is 24.5. The first kappa shape index (κ1) is 28.4. The predicted octanol–water partition coefficient (Wildman–Crippen LogP) is 6.16. The van der Waals surface area contributed by atoms with E-state index in [9.17, 15) is 0 Å². The van der Waals surface area contributed by atoms with Crippen LogP contribution in [0.5, 0.6) is 34.5 Å². The second-order valence-corrected chi connectivity index (χ2v) is 9.95. The SMILES string of the molecule is CCCOc1ccc(-c2cc(OCCN3CCc4cc(OC)c(OC)cc4C3)c3cc(OC)cc(OC)c3n2)cc1. The molecular weight excluding hydrogens is 520 g/mol. The van der Waals surface area contributed by atoms with E-state index in [1.807, 2.05) is 42.5 Å². The molecule has 1 aromatic heterocycles. The molecule has 0 atom stereocenters. The largest absolute Gasteiger partial charge is 0.497 e. The third-order valence-corrected chi connectivity index (χ3v) is 7.35. The van der Waals surface area contributed by atoms with Crippen molar-refractivity contribution in [2.75, 3.05) is 54.7 Å².